The van der Waals surface area contributed by atoms with E-state index in [0.29, 0.717) is 35.5 Å². The van der Waals surface area contributed by atoms with Crippen LogP contribution in [-0.4, -0.2) is 29.9 Å². The second-order valence-electron chi connectivity index (χ2n) is 12.2. The summed E-state index contributed by atoms with van der Waals surface area (Å²) in [6.07, 6.45) is 2.64. The molecule has 2 aromatic carbocycles. The molecule has 0 unspecified atom stereocenters. The standard InChI is InChI=1S/C32H33ClFN3O4.CH4/c1-17-13-24-27(35-16-17)32(30(40)37-24)19(15-31(2,3)4)14-22(25(32)21-7-6-8-23(33)26(21)34)28(38)36-20-11-9-18(10-12-20)29(39)41-5;/h6-13,16,19,22,25H,14-15H2,1-5H3,(H,36,38)(H,37,40);1H4/t19-,22+,25-,32+;/m0./s1. The zero-order valence-corrected chi connectivity index (χ0v) is 24.4. The lowest BCUT2D eigenvalue weighted by Gasteiger charge is -2.38. The number of anilines is 2. The van der Waals surface area contributed by atoms with E-state index >= 15 is 4.39 Å². The van der Waals surface area contributed by atoms with Gasteiger partial charge in [-0.15, -0.1) is 0 Å². The number of nitrogens with one attached hydrogen (secondary N) is 2. The van der Waals surface area contributed by atoms with E-state index in [-0.39, 0.29) is 41.2 Å². The Hall–Kier alpha value is -3.78. The SMILES string of the molecule is C.COC(=O)c1ccc(NC(=O)[C@@H]2C[C@@H](CC(C)(C)C)[C@@]3(C(=O)Nc4cc(C)cnc43)[C@H]2c2cccc(Cl)c2F)cc1. The molecule has 5 rings (SSSR count). The Balaban J connectivity index is 0.00000405. The fourth-order valence-electron chi connectivity index (χ4n) is 6.70. The first-order chi connectivity index (χ1) is 19.4. The van der Waals surface area contributed by atoms with Crippen LogP contribution in [0.3, 0.4) is 0 Å². The minimum absolute atomic E-state index is 0. The number of hydrogen-bond donors (Lipinski definition) is 2. The number of pyridine rings is 1. The molecule has 42 heavy (non-hydrogen) atoms. The Morgan fingerprint density at radius 2 is 1.88 bits per heavy atom. The third-order valence-electron chi connectivity index (χ3n) is 8.20. The summed E-state index contributed by atoms with van der Waals surface area (Å²) in [6, 6.07) is 12.9. The Labute approximate surface area is 251 Å². The lowest BCUT2D eigenvalue weighted by molar-refractivity contribution is -0.123. The number of rotatable bonds is 5. The van der Waals surface area contributed by atoms with Crippen molar-refractivity contribution in [2.75, 3.05) is 17.7 Å². The van der Waals surface area contributed by atoms with Crippen molar-refractivity contribution in [1.82, 2.24) is 4.98 Å². The predicted octanol–water partition coefficient (Wildman–Crippen LogP) is 7.29. The number of aromatic nitrogens is 1. The highest BCUT2D eigenvalue weighted by molar-refractivity contribution is 6.30. The van der Waals surface area contributed by atoms with Gasteiger partial charge in [-0.2, -0.15) is 0 Å². The van der Waals surface area contributed by atoms with Gasteiger partial charge in [-0.05, 0) is 78.6 Å². The number of ether oxygens (including phenoxy) is 1. The minimum atomic E-state index is -1.29. The monoisotopic (exact) mass is 593 g/mol. The first kappa shape index (κ1) is 31.2. The number of halogens is 2. The summed E-state index contributed by atoms with van der Waals surface area (Å²) in [6.45, 7) is 8.15. The number of fused-ring (bicyclic) bond motifs is 2. The quantitative estimate of drug-likeness (QED) is 0.303. The summed E-state index contributed by atoms with van der Waals surface area (Å²) in [5.74, 6) is -3.76. The number of amides is 2. The summed E-state index contributed by atoms with van der Waals surface area (Å²) in [5.41, 5.74) is 1.52. The van der Waals surface area contributed by atoms with Gasteiger partial charge in [-0.25, -0.2) is 9.18 Å². The van der Waals surface area contributed by atoms with Gasteiger partial charge in [0.2, 0.25) is 11.8 Å². The van der Waals surface area contributed by atoms with E-state index in [1.807, 2.05) is 13.0 Å². The van der Waals surface area contributed by atoms with E-state index in [9.17, 15) is 14.4 Å². The normalized spacial score (nSPS) is 22.7. The number of benzene rings is 2. The number of esters is 1. The molecule has 1 spiro atoms. The molecule has 1 aliphatic heterocycles. The van der Waals surface area contributed by atoms with Crippen molar-refractivity contribution in [1.29, 1.82) is 0 Å². The lowest BCUT2D eigenvalue weighted by atomic mass is 9.63. The molecule has 2 aliphatic rings. The topological polar surface area (TPSA) is 97.4 Å². The molecule has 1 fully saturated rings. The van der Waals surface area contributed by atoms with Crippen LogP contribution in [0.5, 0.6) is 0 Å². The summed E-state index contributed by atoms with van der Waals surface area (Å²) in [7, 11) is 1.30. The van der Waals surface area contributed by atoms with Crippen LogP contribution in [0.1, 0.15) is 74.1 Å². The summed E-state index contributed by atoms with van der Waals surface area (Å²) < 4.78 is 20.6. The molecular formula is C33H37ClFN3O4. The average molecular weight is 594 g/mol. The van der Waals surface area contributed by atoms with Gasteiger partial charge in [0.25, 0.3) is 0 Å². The fourth-order valence-corrected chi connectivity index (χ4v) is 6.88. The fraction of sp³-hybridized carbons (Fsp3) is 0.394. The third kappa shape index (κ3) is 5.28. The highest BCUT2D eigenvalue weighted by Crippen LogP contribution is 2.63. The largest absolute Gasteiger partial charge is 0.465 e. The number of aryl methyl sites for hydroxylation is 1. The molecule has 2 N–H and O–H groups in total. The Bertz CT molecular complexity index is 1540. The number of methoxy groups -OCH3 is 1. The highest BCUT2D eigenvalue weighted by atomic mass is 35.5. The van der Waals surface area contributed by atoms with Crippen molar-refractivity contribution in [2.24, 2.45) is 17.3 Å². The molecule has 4 atom stereocenters. The molecule has 0 radical (unpaired) electrons. The summed E-state index contributed by atoms with van der Waals surface area (Å²) in [5, 5.41) is 5.88. The maximum Gasteiger partial charge on any atom is 0.337 e. The molecule has 2 amide bonds. The molecule has 1 aliphatic carbocycles. The molecule has 0 bridgehead atoms. The van der Waals surface area contributed by atoms with Gasteiger partial charge < -0.3 is 15.4 Å². The van der Waals surface area contributed by atoms with Crippen LogP contribution in [0, 0.1) is 30.0 Å². The van der Waals surface area contributed by atoms with Gasteiger partial charge in [-0.3, -0.25) is 14.6 Å². The summed E-state index contributed by atoms with van der Waals surface area (Å²) >= 11 is 6.27. The summed E-state index contributed by atoms with van der Waals surface area (Å²) in [4.78, 5) is 44.9. The third-order valence-corrected chi connectivity index (χ3v) is 8.49. The lowest BCUT2D eigenvalue weighted by Crippen LogP contribution is -2.45. The molecule has 9 heteroatoms. The highest BCUT2D eigenvalue weighted by Gasteiger charge is 2.67. The number of hydrogen-bond acceptors (Lipinski definition) is 5. The number of nitrogens with zero attached hydrogens (tertiary/aromatic N) is 1. The van der Waals surface area contributed by atoms with Crippen LogP contribution in [-0.2, 0) is 19.7 Å². The first-order valence-electron chi connectivity index (χ1n) is 13.6. The zero-order valence-electron chi connectivity index (χ0n) is 23.7. The van der Waals surface area contributed by atoms with Gasteiger partial charge >= 0.3 is 5.97 Å². The number of carbonyl (C=O) groups excluding carboxylic acids is 3. The average Bonchev–Trinajstić information content (AvgIpc) is 3.39. The van der Waals surface area contributed by atoms with E-state index in [1.54, 1.807) is 42.6 Å². The maximum absolute atomic E-state index is 15.9. The molecule has 1 saturated carbocycles. The van der Waals surface area contributed by atoms with Crippen molar-refractivity contribution < 1.29 is 23.5 Å². The van der Waals surface area contributed by atoms with Crippen molar-refractivity contribution in [3.05, 3.63) is 88.0 Å². The van der Waals surface area contributed by atoms with E-state index in [4.69, 9.17) is 21.3 Å². The maximum atomic E-state index is 15.9. The smallest absolute Gasteiger partial charge is 0.337 e. The van der Waals surface area contributed by atoms with Crippen molar-refractivity contribution in [3.8, 4) is 0 Å². The van der Waals surface area contributed by atoms with Gasteiger partial charge in [0.05, 0.1) is 29.1 Å². The van der Waals surface area contributed by atoms with E-state index in [0.717, 1.165) is 5.56 Å². The zero-order chi connectivity index (χ0) is 29.7. The Kier molecular flexibility index (Phi) is 8.52. The van der Waals surface area contributed by atoms with Crippen LogP contribution < -0.4 is 10.6 Å². The van der Waals surface area contributed by atoms with Gasteiger partial charge in [0.15, 0.2) is 0 Å². The van der Waals surface area contributed by atoms with Crippen LogP contribution in [0.15, 0.2) is 54.7 Å². The molecule has 1 aromatic heterocycles. The molecule has 7 nitrogen and oxygen atoms in total. The van der Waals surface area contributed by atoms with Gasteiger partial charge in [0.1, 0.15) is 11.2 Å². The second-order valence-corrected chi connectivity index (χ2v) is 12.6. The molecular weight excluding hydrogens is 557 g/mol. The first-order valence-corrected chi connectivity index (χ1v) is 14.0. The van der Waals surface area contributed by atoms with Gasteiger partial charge in [0, 0.05) is 23.7 Å². The van der Waals surface area contributed by atoms with E-state index in [1.165, 1.54) is 13.2 Å². The van der Waals surface area contributed by atoms with Crippen LogP contribution in [0.2, 0.25) is 5.02 Å². The van der Waals surface area contributed by atoms with Crippen molar-refractivity contribution in [2.45, 2.75) is 59.3 Å². The van der Waals surface area contributed by atoms with Gasteiger partial charge in [-0.1, -0.05) is 51.9 Å². The molecule has 3 aromatic rings. The van der Waals surface area contributed by atoms with Crippen LogP contribution in [0.4, 0.5) is 15.8 Å². The predicted molar refractivity (Wildman–Crippen MR) is 162 cm³/mol. The Morgan fingerprint density at radius 3 is 2.52 bits per heavy atom. The van der Waals surface area contributed by atoms with E-state index in [2.05, 4.69) is 31.4 Å². The minimum Gasteiger partial charge on any atom is -0.465 e. The van der Waals surface area contributed by atoms with Crippen LogP contribution in [0.25, 0.3) is 0 Å². The van der Waals surface area contributed by atoms with Crippen LogP contribution >= 0.6 is 11.6 Å². The number of carbonyl (C=O) groups is 3. The van der Waals surface area contributed by atoms with E-state index < -0.39 is 29.0 Å². The van der Waals surface area contributed by atoms with Crippen molar-refractivity contribution in [3.63, 3.8) is 0 Å². The second kappa shape index (κ2) is 11.5. The Morgan fingerprint density at radius 1 is 1.19 bits per heavy atom. The molecule has 0 saturated heterocycles. The molecule has 2 heterocycles. The van der Waals surface area contributed by atoms with Crippen molar-refractivity contribution >= 4 is 40.8 Å². The molecule has 222 valence electrons.